The highest BCUT2D eigenvalue weighted by atomic mass is 19.4. The maximum Gasteiger partial charge on any atom is 0.416 e. The van der Waals surface area contributed by atoms with Crippen molar-refractivity contribution >= 4 is 28.6 Å². The molecular weight excluding hydrogens is 554 g/mol. The van der Waals surface area contributed by atoms with E-state index in [9.17, 15) is 31.9 Å². The zero-order chi connectivity index (χ0) is 30.4. The van der Waals surface area contributed by atoms with E-state index in [1.165, 1.54) is 52.5 Å². The molecular formula is C31H29F4N3O4. The molecule has 4 aromatic rings. The lowest BCUT2D eigenvalue weighted by atomic mass is 10.1. The quantitative estimate of drug-likeness (QED) is 0.223. The summed E-state index contributed by atoms with van der Waals surface area (Å²) in [7, 11) is 0. The molecule has 1 N–H and O–H groups in total. The number of hydrogen-bond acceptors (Lipinski definition) is 4. The lowest BCUT2D eigenvalue weighted by Gasteiger charge is -2.29. The van der Waals surface area contributed by atoms with Crippen molar-refractivity contribution < 1.29 is 31.6 Å². The van der Waals surface area contributed by atoms with Gasteiger partial charge in [-0.15, -0.1) is 0 Å². The smallest absolute Gasteiger partial charge is 0.416 e. The summed E-state index contributed by atoms with van der Waals surface area (Å²) in [6.07, 6.45) is -3.31. The molecule has 1 heterocycles. The molecule has 0 saturated heterocycles. The van der Waals surface area contributed by atoms with E-state index in [1.807, 2.05) is 13.8 Å². The Morgan fingerprint density at radius 1 is 0.929 bits per heavy atom. The topological polar surface area (TPSA) is 82.9 Å². The van der Waals surface area contributed by atoms with Crippen LogP contribution in [0.25, 0.3) is 11.0 Å². The molecule has 0 unspecified atom stereocenters. The highest BCUT2D eigenvalue weighted by Gasteiger charge is 2.31. The van der Waals surface area contributed by atoms with Crippen molar-refractivity contribution in [2.45, 2.75) is 33.1 Å². The Morgan fingerprint density at radius 3 is 2.33 bits per heavy atom. The van der Waals surface area contributed by atoms with E-state index in [1.54, 1.807) is 24.3 Å². The molecule has 3 amide bonds. The number of urea groups is 1. The van der Waals surface area contributed by atoms with Gasteiger partial charge in [-0.1, -0.05) is 44.2 Å². The van der Waals surface area contributed by atoms with Crippen LogP contribution >= 0.6 is 0 Å². The number of nitrogens with one attached hydrogen (secondary N) is 1. The summed E-state index contributed by atoms with van der Waals surface area (Å²) in [6, 6.07) is 15.6. The Bertz CT molecular complexity index is 1620. The predicted octanol–water partition coefficient (Wildman–Crippen LogP) is 6.67. The van der Waals surface area contributed by atoms with E-state index in [2.05, 4.69) is 5.32 Å². The van der Waals surface area contributed by atoms with Crippen LogP contribution in [0, 0.1) is 11.7 Å². The van der Waals surface area contributed by atoms with Gasteiger partial charge in [-0.2, -0.15) is 13.2 Å². The summed E-state index contributed by atoms with van der Waals surface area (Å²) >= 11 is 0. The molecule has 1 aromatic heterocycles. The average Bonchev–Trinajstić information content (AvgIpc) is 2.94. The maximum absolute atomic E-state index is 13.7. The molecule has 7 nitrogen and oxygen atoms in total. The molecule has 0 radical (unpaired) electrons. The van der Waals surface area contributed by atoms with E-state index >= 15 is 0 Å². The van der Waals surface area contributed by atoms with Crippen LogP contribution < -0.4 is 10.7 Å². The minimum Gasteiger partial charge on any atom is -0.464 e. The molecule has 0 aliphatic carbocycles. The molecule has 0 fully saturated rings. The van der Waals surface area contributed by atoms with E-state index in [0.29, 0.717) is 16.5 Å². The number of hydrogen-bond donors (Lipinski definition) is 1. The van der Waals surface area contributed by atoms with Gasteiger partial charge in [-0.3, -0.25) is 9.59 Å². The number of carbonyl (C=O) groups excluding carboxylic acids is 2. The molecule has 0 aliphatic rings. The Morgan fingerprint density at radius 2 is 1.64 bits per heavy atom. The van der Waals surface area contributed by atoms with E-state index in [0.717, 1.165) is 12.1 Å². The fourth-order valence-corrected chi connectivity index (χ4v) is 4.37. The number of benzene rings is 3. The highest BCUT2D eigenvalue weighted by molar-refractivity contribution is 5.92. The Balaban J connectivity index is 1.60. The van der Waals surface area contributed by atoms with Gasteiger partial charge in [0.05, 0.1) is 29.3 Å². The zero-order valence-electron chi connectivity index (χ0n) is 23.0. The van der Waals surface area contributed by atoms with Crippen molar-refractivity contribution in [2.24, 2.45) is 5.92 Å². The van der Waals surface area contributed by atoms with Gasteiger partial charge in [0.15, 0.2) is 5.43 Å². The molecule has 0 spiro atoms. The summed E-state index contributed by atoms with van der Waals surface area (Å²) in [5, 5.41) is 2.79. The largest absolute Gasteiger partial charge is 0.464 e. The molecule has 0 bridgehead atoms. The van der Waals surface area contributed by atoms with Crippen LogP contribution in [0.15, 0.2) is 88.3 Å². The van der Waals surface area contributed by atoms with E-state index in [4.69, 9.17) is 4.42 Å². The molecule has 3 aromatic carbocycles. The third-order valence-corrected chi connectivity index (χ3v) is 6.39. The second-order valence-electron chi connectivity index (χ2n) is 10.2. The zero-order valence-corrected chi connectivity index (χ0v) is 23.0. The first-order chi connectivity index (χ1) is 19.9. The van der Waals surface area contributed by atoms with Gasteiger partial charge in [0.2, 0.25) is 5.91 Å². The number of nitrogens with zero attached hydrogens (tertiary/aromatic N) is 2. The lowest BCUT2D eigenvalue weighted by molar-refractivity contribution is -0.137. The number of rotatable bonds is 9. The van der Waals surface area contributed by atoms with E-state index in [-0.39, 0.29) is 42.2 Å². The number of para-hydroxylation sites is 1. The predicted molar refractivity (Wildman–Crippen MR) is 150 cm³/mol. The fraction of sp³-hybridized carbons (Fsp3) is 0.258. The summed E-state index contributed by atoms with van der Waals surface area (Å²) < 4.78 is 58.6. The summed E-state index contributed by atoms with van der Waals surface area (Å²) in [5.41, 5.74) is -0.154. The second-order valence-corrected chi connectivity index (χ2v) is 10.2. The van der Waals surface area contributed by atoms with Gasteiger partial charge in [-0.05, 0) is 53.9 Å². The fourth-order valence-electron chi connectivity index (χ4n) is 4.37. The third-order valence-electron chi connectivity index (χ3n) is 6.39. The van der Waals surface area contributed by atoms with Gasteiger partial charge in [0, 0.05) is 18.8 Å². The Kier molecular flexibility index (Phi) is 9.29. The number of halogens is 4. The SMILES string of the molecule is CC(C)CN(CC(=O)N(Cc1ccc(F)cc1)Cc1coc2ccccc2c1=O)C(=O)Nc1cccc(C(F)(F)F)c1. The molecule has 0 atom stereocenters. The van der Waals surface area contributed by atoms with Crippen molar-refractivity contribution in [1.82, 2.24) is 9.80 Å². The first kappa shape index (κ1) is 30.3. The van der Waals surface area contributed by atoms with Crippen molar-refractivity contribution in [3.63, 3.8) is 0 Å². The average molecular weight is 584 g/mol. The minimum absolute atomic E-state index is 0.00382. The second kappa shape index (κ2) is 12.9. The van der Waals surface area contributed by atoms with E-state index < -0.39 is 36.0 Å². The normalized spacial score (nSPS) is 11.5. The van der Waals surface area contributed by atoms with Crippen molar-refractivity contribution in [3.05, 3.63) is 112 Å². The van der Waals surface area contributed by atoms with Crippen LogP contribution in [0.1, 0.15) is 30.5 Å². The number of anilines is 1. The molecule has 4 rings (SSSR count). The van der Waals surface area contributed by atoms with Gasteiger partial charge in [0.1, 0.15) is 17.9 Å². The Hall–Kier alpha value is -4.67. The monoisotopic (exact) mass is 583 g/mol. The van der Waals surface area contributed by atoms with Gasteiger partial charge >= 0.3 is 12.2 Å². The maximum atomic E-state index is 13.7. The Labute approximate surface area is 239 Å². The molecule has 0 saturated carbocycles. The number of carbonyl (C=O) groups is 2. The first-order valence-electron chi connectivity index (χ1n) is 13.2. The lowest BCUT2D eigenvalue weighted by Crippen LogP contribution is -2.45. The molecule has 42 heavy (non-hydrogen) atoms. The number of fused-ring (bicyclic) bond motifs is 1. The van der Waals surface area contributed by atoms with Crippen LogP contribution in [0.2, 0.25) is 0 Å². The highest BCUT2D eigenvalue weighted by Crippen LogP contribution is 2.30. The number of alkyl halides is 3. The molecule has 0 aliphatic heterocycles. The van der Waals surface area contributed by atoms with Gasteiger partial charge in [-0.25, -0.2) is 9.18 Å². The van der Waals surface area contributed by atoms with Crippen LogP contribution in [0.3, 0.4) is 0 Å². The third kappa shape index (κ3) is 7.74. The summed E-state index contributed by atoms with van der Waals surface area (Å²) in [4.78, 5) is 42.6. The van der Waals surface area contributed by atoms with Crippen LogP contribution in [0.5, 0.6) is 0 Å². The van der Waals surface area contributed by atoms with Crippen molar-refractivity contribution in [2.75, 3.05) is 18.4 Å². The van der Waals surface area contributed by atoms with Gasteiger partial charge < -0.3 is 19.5 Å². The molecule has 220 valence electrons. The first-order valence-corrected chi connectivity index (χ1v) is 13.2. The van der Waals surface area contributed by atoms with Crippen molar-refractivity contribution in [1.29, 1.82) is 0 Å². The van der Waals surface area contributed by atoms with Crippen LogP contribution in [-0.2, 0) is 24.1 Å². The van der Waals surface area contributed by atoms with Crippen LogP contribution in [0.4, 0.5) is 28.0 Å². The molecule has 11 heteroatoms. The standard InChI is InChI=1S/C31H29F4N3O4/c1-20(2)15-38(30(41)36-25-7-5-6-23(14-25)31(33,34)35)18-28(39)37(16-21-10-12-24(32)13-11-21)17-22-19-42-27-9-4-3-8-26(27)29(22)40/h3-14,19-20H,15-18H2,1-2H3,(H,36,41). The van der Waals surface area contributed by atoms with Crippen LogP contribution in [-0.4, -0.2) is 34.8 Å². The number of amides is 3. The van der Waals surface area contributed by atoms with Gasteiger partial charge in [0.25, 0.3) is 0 Å². The minimum atomic E-state index is -4.59. The van der Waals surface area contributed by atoms with Crippen molar-refractivity contribution in [3.8, 4) is 0 Å². The summed E-state index contributed by atoms with van der Waals surface area (Å²) in [5.74, 6) is -1.07. The summed E-state index contributed by atoms with van der Waals surface area (Å²) in [6.45, 7) is 3.18.